The van der Waals surface area contributed by atoms with Gasteiger partial charge in [-0.05, 0) is 6.42 Å². The van der Waals surface area contributed by atoms with Crippen molar-refractivity contribution < 1.29 is 24.9 Å². The number of aliphatic hydroxyl groups is 3. The largest absolute Gasteiger partial charge is 0.463 e. The lowest BCUT2D eigenvalue weighted by Crippen LogP contribution is -2.34. The molecule has 0 bridgehead atoms. The maximum Gasteiger partial charge on any atom is 0.305 e. The Kier molecular flexibility index (Phi) is 23.5. The molecule has 186 valence electrons. The van der Waals surface area contributed by atoms with Gasteiger partial charge in [-0.2, -0.15) is 0 Å². The Morgan fingerprint density at radius 1 is 0.613 bits per heavy atom. The first-order valence-corrected chi connectivity index (χ1v) is 13.2. The Morgan fingerprint density at radius 3 is 1.32 bits per heavy atom. The summed E-state index contributed by atoms with van der Waals surface area (Å²) in [5.74, 6) is -0.351. The highest BCUT2D eigenvalue weighted by atomic mass is 16.5. The van der Waals surface area contributed by atoms with Gasteiger partial charge in [-0.3, -0.25) is 4.79 Å². The van der Waals surface area contributed by atoms with Crippen LogP contribution in [0.1, 0.15) is 135 Å². The number of carbonyl (C=O) groups excluding carboxylic acids is 1. The summed E-state index contributed by atoms with van der Waals surface area (Å²) in [6.07, 6.45) is 22.9. The maximum absolute atomic E-state index is 11.6. The SMILES string of the molecule is CCCCCCCCCCCCCCCCCCCCCC(=O)OC[C@H](O)[C@H](O)CO. The predicted molar refractivity (Wildman–Crippen MR) is 128 cm³/mol. The molecule has 0 aliphatic heterocycles. The first kappa shape index (κ1) is 30.4. The molecule has 0 aliphatic rings. The summed E-state index contributed by atoms with van der Waals surface area (Å²) in [4.78, 5) is 11.6. The van der Waals surface area contributed by atoms with Crippen LogP contribution in [-0.2, 0) is 9.53 Å². The molecule has 0 aliphatic carbocycles. The molecule has 2 atom stereocenters. The molecule has 0 aromatic rings. The van der Waals surface area contributed by atoms with E-state index in [1.165, 1.54) is 103 Å². The number of rotatable bonds is 24. The minimum absolute atomic E-state index is 0.264. The van der Waals surface area contributed by atoms with Gasteiger partial charge < -0.3 is 20.1 Å². The van der Waals surface area contributed by atoms with Gasteiger partial charge in [0.25, 0.3) is 0 Å². The number of carbonyl (C=O) groups is 1. The van der Waals surface area contributed by atoms with E-state index < -0.39 is 18.8 Å². The van der Waals surface area contributed by atoms with Crippen molar-refractivity contribution in [1.29, 1.82) is 0 Å². The summed E-state index contributed by atoms with van der Waals surface area (Å²) in [5, 5.41) is 27.3. The average molecular weight is 445 g/mol. The highest BCUT2D eigenvalue weighted by Gasteiger charge is 2.17. The van der Waals surface area contributed by atoms with Gasteiger partial charge in [-0.1, -0.05) is 122 Å². The highest BCUT2D eigenvalue weighted by molar-refractivity contribution is 5.69. The number of unbranched alkanes of at least 4 members (excludes halogenated alkanes) is 18. The van der Waals surface area contributed by atoms with Crippen molar-refractivity contribution in [2.75, 3.05) is 13.2 Å². The van der Waals surface area contributed by atoms with Crippen molar-refractivity contribution >= 4 is 5.97 Å². The van der Waals surface area contributed by atoms with Crippen molar-refractivity contribution in [1.82, 2.24) is 0 Å². The van der Waals surface area contributed by atoms with Crippen LogP contribution in [0.4, 0.5) is 0 Å². The van der Waals surface area contributed by atoms with Crippen molar-refractivity contribution in [2.45, 2.75) is 148 Å². The van der Waals surface area contributed by atoms with Crippen LogP contribution in [0.5, 0.6) is 0 Å². The van der Waals surface area contributed by atoms with Gasteiger partial charge in [0.1, 0.15) is 18.8 Å². The number of hydrogen-bond donors (Lipinski definition) is 3. The fourth-order valence-electron chi connectivity index (χ4n) is 3.83. The third-order valence-corrected chi connectivity index (χ3v) is 6.03. The summed E-state index contributed by atoms with van der Waals surface area (Å²) in [7, 11) is 0. The molecule has 0 spiro atoms. The van der Waals surface area contributed by atoms with Gasteiger partial charge in [0.15, 0.2) is 0 Å². The Bertz CT molecular complexity index is 375. The molecule has 0 heterocycles. The van der Waals surface area contributed by atoms with Gasteiger partial charge in [-0.15, -0.1) is 0 Å². The van der Waals surface area contributed by atoms with Crippen molar-refractivity contribution in [3.8, 4) is 0 Å². The summed E-state index contributed by atoms with van der Waals surface area (Å²) in [6, 6.07) is 0. The summed E-state index contributed by atoms with van der Waals surface area (Å²) < 4.78 is 4.90. The lowest BCUT2D eigenvalue weighted by atomic mass is 10.0. The van der Waals surface area contributed by atoms with E-state index >= 15 is 0 Å². The topological polar surface area (TPSA) is 87.0 Å². The zero-order valence-corrected chi connectivity index (χ0v) is 20.4. The molecule has 5 nitrogen and oxygen atoms in total. The van der Waals surface area contributed by atoms with E-state index in [9.17, 15) is 15.0 Å². The molecule has 0 fully saturated rings. The van der Waals surface area contributed by atoms with E-state index in [0.29, 0.717) is 6.42 Å². The van der Waals surface area contributed by atoms with Crippen LogP contribution in [-0.4, -0.2) is 46.7 Å². The molecule has 0 aromatic carbocycles. The number of esters is 1. The van der Waals surface area contributed by atoms with Crippen LogP contribution in [0, 0.1) is 0 Å². The van der Waals surface area contributed by atoms with Gasteiger partial charge in [0, 0.05) is 6.42 Å². The molecule has 0 aromatic heterocycles. The summed E-state index contributed by atoms with van der Waals surface area (Å²) in [6.45, 7) is 1.47. The Morgan fingerprint density at radius 2 is 0.968 bits per heavy atom. The molecule has 0 unspecified atom stereocenters. The molecule has 0 rings (SSSR count). The zero-order chi connectivity index (χ0) is 23.0. The molecule has 0 saturated heterocycles. The fourth-order valence-corrected chi connectivity index (χ4v) is 3.83. The van der Waals surface area contributed by atoms with E-state index in [-0.39, 0.29) is 12.6 Å². The molecule has 3 N–H and O–H groups in total. The van der Waals surface area contributed by atoms with E-state index in [1.807, 2.05) is 0 Å². The summed E-state index contributed by atoms with van der Waals surface area (Å²) in [5.41, 5.74) is 0. The Balaban J connectivity index is 3.19. The van der Waals surface area contributed by atoms with E-state index in [4.69, 9.17) is 9.84 Å². The second-order valence-electron chi connectivity index (χ2n) is 9.11. The molecule has 31 heavy (non-hydrogen) atoms. The standard InChI is InChI=1S/C26H52O5/c1-2-3-4-5-6-7-8-9-10-11-12-13-14-15-16-17-18-19-20-21-26(30)31-23-25(29)24(28)22-27/h24-25,27-29H,2-23H2,1H3/t24-,25+/m1/s1. The van der Waals surface area contributed by atoms with E-state index in [2.05, 4.69) is 6.92 Å². The monoisotopic (exact) mass is 444 g/mol. The minimum Gasteiger partial charge on any atom is -0.463 e. The van der Waals surface area contributed by atoms with Crippen LogP contribution in [0.2, 0.25) is 0 Å². The second-order valence-corrected chi connectivity index (χ2v) is 9.11. The molecule has 0 amide bonds. The third kappa shape index (κ3) is 22.3. The van der Waals surface area contributed by atoms with Crippen LogP contribution in [0.3, 0.4) is 0 Å². The minimum atomic E-state index is -1.26. The normalized spacial score (nSPS) is 13.3. The van der Waals surface area contributed by atoms with Gasteiger partial charge in [0.05, 0.1) is 6.61 Å². The predicted octanol–water partition coefficient (Wildman–Crippen LogP) is 6.07. The molecule has 5 heteroatoms. The summed E-state index contributed by atoms with van der Waals surface area (Å²) >= 11 is 0. The average Bonchev–Trinajstić information content (AvgIpc) is 2.78. The Hall–Kier alpha value is -0.650. The smallest absolute Gasteiger partial charge is 0.305 e. The second kappa shape index (κ2) is 24.0. The molecule has 0 saturated carbocycles. The van der Waals surface area contributed by atoms with E-state index in [1.54, 1.807) is 0 Å². The van der Waals surface area contributed by atoms with Crippen molar-refractivity contribution in [3.05, 3.63) is 0 Å². The first-order chi connectivity index (χ1) is 15.1. The van der Waals surface area contributed by atoms with Gasteiger partial charge >= 0.3 is 5.97 Å². The van der Waals surface area contributed by atoms with Crippen molar-refractivity contribution in [3.63, 3.8) is 0 Å². The first-order valence-electron chi connectivity index (χ1n) is 13.2. The van der Waals surface area contributed by atoms with Crippen molar-refractivity contribution in [2.24, 2.45) is 0 Å². The van der Waals surface area contributed by atoms with Crippen LogP contribution in [0.25, 0.3) is 0 Å². The highest BCUT2D eigenvalue weighted by Crippen LogP contribution is 2.15. The lowest BCUT2D eigenvalue weighted by molar-refractivity contribution is -0.149. The van der Waals surface area contributed by atoms with Crippen LogP contribution >= 0.6 is 0 Å². The Labute approximate surface area is 192 Å². The van der Waals surface area contributed by atoms with Crippen LogP contribution < -0.4 is 0 Å². The lowest BCUT2D eigenvalue weighted by Gasteiger charge is -2.15. The number of hydrogen-bond acceptors (Lipinski definition) is 5. The quantitative estimate of drug-likeness (QED) is 0.124. The van der Waals surface area contributed by atoms with E-state index in [0.717, 1.165) is 19.3 Å². The zero-order valence-electron chi connectivity index (χ0n) is 20.4. The molecule has 0 radical (unpaired) electrons. The fraction of sp³-hybridized carbons (Fsp3) is 0.962. The third-order valence-electron chi connectivity index (χ3n) is 6.03. The van der Waals surface area contributed by atoms with Crippen LogP contribution in [0.15, 0.2) is 0 Å². The molecular formula is C26H52O5. The maximum atomic E-state index is 11.6. The van der Waals surface area contributed by atoms with Gasteiger partial charge in [0.2, 0.25) is 0 Å². The number of ether oxygens (including phenoxy) is 1. The molecular weight excluding hydrogens is 392 g/mol. The number of aliphatic hydroxyl groups excluding tert-OH is 3. The van der Waals surface area contributed by atoms with Gasteiger partial charge in [-0.25, -0.2) is 0 Å².